The minimum Gasteiger partial charge on any atom is -0.385 e. The zero-order valence-electron chi connectivity index (χ0n) is 15.0. The summed E-state index contributed by atoms with van der Waals surface area (Å²) < 4.78 is 38.1. The van der Waals surface area contributed by atoms with Crippen LogP contribution in [0.4, 0.5) is 0 Å². The van der Waals surface area contributed by atoms with E-state index in [1.165, 1.54) is 23.1 Å². The molecule has 1 N–H and O–H groups in total. The van der Waals surface area contributed by atoms with Crippen molar-refractivity contribution < 1.29 is 22.7 Å². The van der Waals surface area contributed by atoms with Crippen molar-refractivity contribution in [2.24, 2.45) is 0 Å². The standard InChI is InChI=1S/C17H25ClN2O5S/c1-20(8-4-9-24-2)17(21)13-6-7-15(18)16(11-13)26(22,23)19-12-14-5-3-10-25-14/h6-7,11,14,19H,3-5,8-10,12H2,1-2H3. The number of nitrogens with zero attached hydrogens (tertiary/aromatic N) is 1. The van der Waals surface area contributed by atoms with Gasteiger partial charge in [0.25, 0.3) is 5.91 Å². The molecular weight excluding hydrogens is 380 g/mol. The average molecular weight is 405 g/mol. The minimum absolute atomic E-state index is 0.0726. The van der Waals surface area contributed by atoms with Gasteiger partial charge < -0.3 is 14.4 Å². The highest BCUT2D eigenvalue weighted by molar-refractivity contribution is 7.89. The molecule has 0 aliphatic carbocycles. The molecule has 1 saturated heterocycles. The molecule has 7 nitrogen and oxygen atoms in total. The molecule has 0 radical (unpaired) electrons. The molecule has 1 aromatic rings. The predicted molar refractivity (Wildman–Crippen MR) is 99.1 cm³/mol. The molecule has 9 heteroatoms. The number of halogens is 1. The largest absolute Gasteiger partial charge is 0.385 e. The fraction of sp³-hybridized carbons (Fsp3) is 0.588. The third kappa shape index (κ3) is 5.65. The molecule has 1 aliphatic heterocycles. The molecule has 0 aromatic heterocycles. The van der Waals surface area contributed by atoms with E-state index >= 15 is 0 Å². The van der Waals surface area contributed by atoms with E-state index in [-0.39, 0.29) is 34.0 Å². The molecule has 1 fully saturated rings. The Morgan fingerprint density at radius 3 is 2.88 bits per heavy atom. The van der Waals surface area contributed by atoms with E-state index in [2.05, 4.69) is 4.72 Å². The Hall–Kier alpha value is -1.19. The fourth-order valence-electron chi connectivity index (χ4n) is 2.70. The van der Waals surface area contributed by atoms with E-state index in [0.717, 1.165) is 12.8 Å². The number of hydrogen-bond acceptors (Lipinski definition) is 5. The van der Waals surface area contributed by atoms with Crippen molar-refractivity contribution in [2.75, 3.05) is 40.5 Å². The molecule has 2 rings (SSSR count). The van der Waals surface area contributed by atoms with Crippen molar-refractivity contribution in [1.82, 2.24) is 9.62 Å². The van der Waals surface area contributed by atoms with Crippen LogP contribution in [0.3, 0.4) is 0 Å². The Morgan fingerprint density at radius 1 is 1.46 bits per heavy atom. The first-order chi connectivity index (χ1) is 12.3. The van der Waals surface area contributed by atoms with Crippen molar-refractivity contribution in [1.29, 1.82) is 0 Å². The van der Waals surface area contributed by atoms with Gasteiger partial charge in [0.1, 0.15) is 4.90 Å². The molecule has 1 amide bonds. The summed E-state index contributed by atoms with van der Waals surface area (Å²) in [6.07, 6.45) is 2.31. The zero-order valence-corrected chi connectivity index (χ0v) is 16.6. The van der Waals surface area contributed by atoms with Crippen LogP contribution >= 0.6 is 11.6 Å². The Bertz CT molecular complexity index is 720. The van der Waals surface area contributed by atoms with Gasteiger partial charge in [-0.05, 0) is 37.5 Å². The lowest BCUT2D eigenvalue weighted by atomic mass is 10.2. The van der Waals surface area contributed by atoms with E-state index in [1.54, 1.807) is 14.2 Å². The first-order valence-electron chi connectivity index (χ1n) is 8.50. The van der Waals surface area contributed by atoms with Crippen molar-refractivity contribution in [3.8, 4) is 0 Å². The molecule has 1 aromatic carbocycles. The second-order valence-corrected chi connectivity index (χ2v) is 8.35. The van der Waals surface area contributed by atoms with Gasteiger partial charge in [-0.1, -0.05) is 11.6 Å². The Balaban J connectivity index is 2.10. The summed E-state index contributed by atoms with van der Waals surface area (Å²) in [6, 6.07) is 4.27. The summed E-state index contributed by atoms with van der Waals surface area (Å²) in [5, 5.41) is 0.0726. The maximum absolute atomic E-state index is 12.6. The highest BCUT2D eigenvalue weighted by Gasteiger charge is 2.24. The normalized spacial score (nSPS) is 17.4. The quantitative estimate of drug-likeness (QED) is 0.635. The molecule has 0 spiro atoms. The van der Waals surface area contributed by atoms with Gasteiger partial charge in [-0.15, -0.1) is 0 Å². The Labute approximate surface area is 159 Å². The van der Waals surface area contributed by atoms with Crippen LogP contribution in [0, 0.1) is 0 Å². The lowest BCUT2D eigenvalue weighted by Crippen LogP contribution is -2.32. The zero-order chi connectivity index (χ0) is 19.2. The van der Waals surface area contributed by atoms with Gasteiger partial charge >= 0.3 is 0 Å². The molecular formula is C17H25ClN2O5S. The number of amides is 1. The Morgan fingerprint density at radius 2 is 2.23 bits per heavy atom. The monoisotopic (exact) mass is 404 g/mol. The van der Waals surface area contributed by atoms with Crippen LogP contribution in [0.2, 0.25) is 5.02 Å². The highest BCUT2D eigenvalue weighted by atomic mass is 35.5. The van der Waals surface area contributed by atoms with Crippen LogP contribution in [0.1, 0.15) is 29.6 Å². The van der Waals surface area contributed by atoms with Crippen LogP contribution in [-0.4, -0.2) is 65.8 Å². The molecule has 1 unspecified atom stereocenters. The first-order valence-corrected chi connectivity index (χ1v) is 10.4. The lowest BCUT2D eigenvalue weighted by molar-refractivity contribution is 0.0779. The summed E-state index contributed by atoms with van der Waals surface area (Å²) in [6.45, 7) is 1.89. The van der Waals surface area contributed by atoms with Crippen LogP contribution in [0.5, 0.6) is 0 Å². The maximum Gasteiger partial charge on any atom is 0.253 e. The third-order valence-corrected chi connectivity index (χ3v) is 6.09. The fourth-order valence-corrected chi connectivity index (χ4v) is 4.29. The van der Waals surface area contributed by atoms with E-state index in [1.807, 2.05) is 0 Å². The van der Waals surface area contributed by atoms with Crippen molar-refractivity contribution in [3.63, 3.8) is 0 Å². The van der Waals surface area contributed by atoms with E-state index < -0.39 is 10.0 Å². The first kappa shape index (κ1) is 21.1. The van der Waals surface area contributed by atoms with Gasteiger partial charge in [-0.2, -0.15) is 0 Å². The number of benzene rings is 1. The summed E-state index contributed by atoms with van der Waals surface area (Å²) in [7, 11) is -0.572. The minimum atomic E-state index is -3.83. The van der Waals surface area contributed by atoms with Crippen LogP contribution in [0.15, 0.2) is 23.1 Å². The number of hydrogen-bond donors (Lipinski definition) is 1. The maximum atomic E-state index is 12.6. The van der Waals surface area contributed by atoms with E-state index in [4.69, 9.17) is 21.1 Å². The van der Waals surface area contributed by atoms with Gasteiger partial charge in [-0.3, -0.25) is 4.79 Å². The number of rotatable bonds is 9. The molecule has 1 heterocycles. The Kier molecular flexibility index (Phi) is 7.85. The van der Waals surface area contributed by atoms with E-state index in [0.29, 0.717) is 26.2 Å². The number of methoxy groups -OCH3 is 1. The van der Waals surface area contributed by atoms with Gasteiger partial charge in [0, 0.05) is 46.0 Å². The van der Waals surface area contributed by atoms with Crippen LogP contribution in [-0.2, 0) is 19.5 Å². The third-order valence-electron chi connectivity index (χ3n) is 4.18. The number of ether oxygens (including phenoxy) is 2. The summed E-state index contributed by atoms with van der Waals surface area (Å²) in [5.74, 6) is -0.270. The lowest BCUT2D eigenvalue weighted by Gasteiger charge is -2.18. The molecule has 0 saturated carbocycles. The van der Waals surface area contributed by atoms with Gasteiger partial charge in [0.15, 0.2) is 0 Å². The topological polar surface area (TPSA) is 84.9 Å². The van der Waals surface area contributed by atoms with Crippen LogP contribution in [0.25, 0.3) is 0 Å². The second-order valence-electron chi connectivity index (χ2n) is 6.21. The highest BCUT2D eigenvalue weighted by Crippen LogP contribution is 2.23. The van der Waals surface area contributed by atoms with E-state index in [9.17, 15) is 13.2 Å². The molecule has 146 valence electrons. The molecule has 1 aliphatic rings. The summed E-state index contributed by atoms with van der Waals surface area (Å²) in [4.78, 5) is 13.9. The summed E-state index contributed by atoms with van der Waals surface area (Å²) in [5.41, 5.74) is 0.270. The smallest absolute Gasteiger partial charge is 0.253 e. The molecule has 1 atom stereocenters. The number of nitrogens with one attached hydrogen (secondary N) is 1. The van der Waals surface area contributed by atoms with Crippen molar-refractivity contribution in [2.45, 2.75) is 30.3 Å². The molecule has 0 bridgehead atoms. The van der Waals surface area contributed by atoms with Crippen LogP contribution < -0.4 is 4.72 Å². The summed E-state index contributed by atoms with van der Waals surface area (Å²) >= 11 is 6.07. The predicted octanol–water partition coefficient (Wildman–Crippen LogP) is 1.91. The van der Waals surface area contributed by atoms with Gasteiger partial charge in [0.2, 0.25) is 10.0 Å². The second kappa shape index (κ2) is 9.66. The molecule has 26 heavy (non-hydrogen) atoms. The van der Waals surface area contributed by atoms with Crippen molar-refractivity contribution >= 4 is 27.5 Å². The SMILES string of the molecule is COCCCN(C)C(=O)c1ccc(Cl)c(S(=O)(=O)NCC2CCCO2)c1. The van der Waals surface area contributed by atoms with Crippen molar-refractivity contribution in [3.05, 3.63) is 28.8 Å². The number of carbonyl (C=O) groups is 1. The van der Waals surface area contributed by atoms with Gasteiger partial charge in [-0.25, -0.2) is 13.1 Å². The van der Waals surface area contributed by atoms with Gasteiger partial charge in [0.05, 0.1) is 11.1 Å². The number of carbonyl (C=O) groups excluding carboxylic acids is 1. The number of sulfonamides is 1. The average Bonchev–Trinajstić information content (AvgIpc) is 3.13.